The van der Waals surface area contributed by atoms with Crippen molar-refractivity contribution in [3.63, 3.8) is 0 Å². The van der Waals surface area contributed by atoms with Crippen molar-refractivity contribution in [2.24, 2.45) is 0 Å². The van der Waals surface area contributed by atoms with Gasteiger partial charge in [0.1, 0.15) is 5.69 Å². The third kappa shape index (κ3) is 4.94. The molecule has 1 aliphatic heterocycles. The summed E-state index contributed by atoms with van der Waals surface area (Å²) in [6.45, 7) is 2.89. The maximum absolute atomic E-state index is 13.3. The van der Waals surface area contributed by atoms with Crippen LogP contribution in [0.15, 0.2) is 54.7 Å². The Labute approximate surface area is 188 Å². The van der Waals surface area contributed by atoms with Crippen LogP contribution < -0.4 is 0 Å². The van der Waals surface area contributed by atoms with Crippen molar-refractivity contribution >= 4 is 17.5 Å². The van der Waals surface area contributed by atoms with E-state index >= 15 is 0 Å². The largest absolute Gasteiger partial charge is 0.435 e. The van der Waals surface area contributed by atoms with Crippen LogP contribution in [0, 0.1) is 0 Å². The Morgan fingerprint density at radius 3 is 2.41 bits per heavy atom. The fourth-order valence-electron chi connectivity index (χ4n) is 3.63. The van der Waals surface area contributed by atoms with E-state index in [2.05, 4.69) is 15.0 Å². The average Bonchev–Trinajstić information content (AvgIpc) is 3.24. The van der Waals surface area contributed by atoms with Crippen LogP contribution in [0.4, 0.5) is 13.2 Å². The van der Waals surface area contributed by atoms with Crippen molar-refractivity contribution in [3.8, 4) is 5.69 Å². The molecule has 1 fully saturated rings. The first-order valence-electron chi connectivity index (χ1n) is 10.2. The third-order valence-electron chi connectivity index (χ3n) is 5.37. The van der Waals surface area contributed by atoms with Crippen molar-refractivity contribution in [2.75, 3.05) is 32.7 Å². The van der Waals surface area contributed by atoms with E-state index in [4.69, 9.17) is 11.6 Å². The highest BCUT2D eigenvalue weighted by Crippen LogP contribution is 2.31. The molecule has 0 unspecified atom stereocenters. The number of nitrogens with zero attached hydrogens (tertiary/aromatic N) is 5. The number of piperazine rings is 1. The molecule has 10 heteroatoms. The Morgan fingerprint density at radius 2 is 1.75 bits per heavy atom. The molecule has 0 spiro atoms. The lowest BCUT2D eigenvalue weighted by Gasteiger charge is -2.34. The van der Waals surface area contributed by atoms with Crippen LogP contribution >= 0.6 is 11.6 Å². The minimum atomic E-state index is -4.67. The molecule has 4 rings (SSSR count). The number of benzene rings is 1. The summed E-state index contributed by atoms with van der Waals surface area (Å²) in [6.07, 6.45) is -2.13. The summed E-state index contributed by atoms with van der Waals surface area (Å²) in [5.41, 5.74) is -0.0709. The Kier molecular flexibility index (Phi) is 6.48. The first kappa shape index (κ1) is 22.3. The van der Waals surface area contributed by atoms with E-state index in [-0.39, 0.29) is 16.4 Å². The van der Waals surface area contributed by atoms with E-state index in [0.29, 0.717) is 26.2 Å². The van der Waals surface area contributed by atoms with E-state index in [0.717, 1.165) is 29.4 Å². The van der Waals surface area contributed by atoms with Gasteiger partial charge in [0.15, 0.2) is 5.69 Å². The predicted octanol–water partition coefficient (Wildman–Crippen LogP) is 3.94. The van der Waals surface area contributed by atoms with Gasteiger partial charge in [-0.2, -0.15) is 18.3 Å². The molecule has 3 heterocycles. The zero-order chi connectivity index (χ0) is 22.7. The lowest BCUT2D eigenvalue weighted by Crippen LogP contribution is -2.49. The summed E-state index contributed by atoms with van der Waals surface area (Å²) in [5, 5.41) is 3.86. The number of pyridine rings is 1. The molecule has 0 atom stereocenters. The van der Waals surface area contributed by atoms with Crippen LogP contribution in [-0.4, -0.2) is 63.2 Å². The first-order chi connectivity index (χ1) is 15.3. The molecule has 0 N–H and O–H groups in total. The molecule has 1 saturated heterocycles. The number of carbonyl (C=O) groups is 1. The van der Waals surface area contributed by atoms with Gasteiger partial charge in [0.05, 0.1) is 10.7 Å². The lowest BCUT2D eigenvalue weighted by atomic mass is 10.2. The molecule has 0 saturated carbocycles. The first-order valence-corrected chi connectivity index (χ1v) is 10.5. The minimum Gasteiger partial charge on any atom is -0.335 e. The van der Waals surface area contributed by atoms with Gasteiger partial charge in [-0.1, -0.05) is 29.8 Å². The van der Waals surface area contributed by atoms with Gasteiger partial charge >= 0.3 is 6.18 Å². The monoisotopic (exact) mass is 463 g/mol. The molecule has 0 aliphatic carbocycles. The number of hydrogen-bond acceptors (Lipinski definition) is 4. The van der Waals surface area contributed by atoms with Crippen LogP contribution in [0.5, 0.6) is 0 Å². The number of carbonyl (C=O) groups excluding carboxylic acids is 1. The number of hydrogen-bond donors (Lipinski definition) is 0. The molecule has 168 valence electrons. The number of rotatable bonds is 5. The van der Waals surface area contributed by atoms with Gasteiger partial charge in [-0.25, -0.2) is 4.68 Å². The number of para-hydroxylation sites is 1. The smallest absolute Gasteiger partial charge is 0.335 e. The highest BCUT2D eigenvalue weighted by atomic mass is 35.5. The third-order valence-corrected chi connectivity index (χ3v) is 5.69. The van der Waals surface area contributed by atoms with Crippen LogP contribution in [0.2, 0.25) is 5.02 Å². The Hall–Kier alpha value is -2.91. The van der Waals surface area contributed by atoms with Gasteiger partial charge < -0.3 is 4.90 Å². The number of amides is 1. The molecule has 1 aliphatic rings. The Morgan fingerprint density at radius 1 is 1.03 bits per heavy atom. The second kappa shape index (κ2) is 9.30. The van der Waals surface area contributed by atoms with E-state index in [1.807, 2.05) is 18.2 Å². The van der Waals surface area contributed by atoms with E-state index in [1.54, 1.807) is 29.3 Å². The molecular weight excluding hydrogens is 443 g/mol. The maximum Gasteiger partial charge on any atom is 0.435 e. The standard InChI is InChI=1S/C22H21ClF3N5O/c23-17-6-1-2-7-18(17)31-19(15-20(28-31)22(24,25)26)21(32)30-13-11-29(12-14-30)10-8-16-5-3-4-9-27-16/h1-7,9,15H,8,10-14H2. The Balaban J connectivity index is 1.48. The highest BCUT2D eigenvalue weighted by Gasteiger charge is 2.37. The summed E-state index contributed by atoms with van der Waals surface area (Å²) in [7, 11) is 0. The van der Waals surface area contributed by atoms with E-state index < -0.39 is 17.8 Å². The molecule has 1 amide bonds. The molecule has 3 aromatic rings. The zero-order valence-electron chi connectivity index (χ0n) is 17.1. The predicted molar refractivity (Wildman–Crippen MR) is 114 cm³/mol. The maximum atomic E-state index is 13.3. The van der Waals surface area contributed by atoms with Gasteiger partial charge in [0, 0.05) is 57.1 Å². The second-order valence-electron chi connectivity index (χ2n) is 7.48. The highest BCUT2D eigenvalue weighted by molar-refractivity contribution is 6.32. The minimum absolute atomic E-state index is 0.160. The average molecular weight is 464 g/mol. The fraction of sp³-hybridized carbons (Fsp3) is 0.318. The molecule has 1 aromatic carbocycles. The molecule has 32 heavy (non-hydrogen) atoms. The van der Waals surface area contributed by atoms with Gasteiger partial charge in [-0.15, -0.1) is 0 Å². The second-order valence-corrected chi connectivity index (χ2v) is 7.89. The van der Waals surface area contributed by atoms with Crippen molar-refractivity contribution in [3.05, 3.63) is 76.8 Å². The molecule has 0 radical (unpaired) electrons. The van der Waals surface area contributed by atoms with Crippen LogP contribution in [0.3, 0.4) is 0 Å². The van der Waals surface area contributed by atoms with Crippen molar-refractivity contribution in [2.45, 2.75) is 12.6 Å². The van der Waals surface area contributed by atoms with Crippen LogP contribution in [0.1, 0.15) is 21.9 Å². The number of halogens is 4. The van der Waals surface area contributed by atoms with Crippen LogP contribution in [-0.2, 0) is 12.6 Å². The molecular formula is C22H21ClF3N5O. The summed E-state index contributed by atoms with van der Waals surface area (Å²) >= 11 is 6.17. The van der Waals surface area contributed by atoms with Crippen molar-refractivity contribution in [1.82, 2.24) is 24.6 Å². The summed E-state index contributed by atoms with van der Waals surface area (Å²) in [6, 6.07) is 12.9. The topological polar surface area (TPSA) is 54.3 Å². The Bertz CT molecular complexity index is 1080. The zero-order valence-corrected chi connectivity index (χ0v) is 17.9. The normalized spacial score (nSPS) is 15.2. The summed E-state index contributed by atoms with van der Waals surface area (Å²) < 4.78 is 41.0. The van der Waals surface area contributed by atoms with Gasteiger partial charge in [0.2, 0.25) is 0 Å². The van der Waals surface area contributed by atoms with E-state index in [9.17, 15) is 18.0 Å². The number of aromatic nitrogens is 3. The molecule has 2 aromatic heterocycles. The molecule has 0 bridgehead atoms. The van der Waals surface area contributed by atoms with Crippen LogP contribution in [0.25, 0.3) is 5.69 Å². The lowest BCUT2D eigenvalue weighted by molar-refractivity contribution is -0.141. The van der Waals surface area contributed by atoms with Crippen molar-refractivity contribution in [1.29, 1.82) is 0 Å². The van der Waals surface area contributed by atoms with Gasteiger partial charge in [-0.3, -0.25) is 14.7 Å². The van der Waals surface area contributed by atoms with Gasteiger partial charge in [-0.05, 0) is 24.3 Å². The van der Waals surface area contributed by atoms with Gasteiger partial charge in [0.25, 0.3) is 5.91 Å². The summed E-state index contributed by atoms with van der Waals surface area (Å²) in [5.74, 6) is -0.503. The quantitative estimate of drug-likeness (QED) is 0.575. The summed E-state index contributed by atoms with van der Waals surface area (Å²) in [4.78, 5) is 21.2. The van der Waals surface area contributed by atoms with Crippen molar-refractivity contribution < 1.29 is 18.0 Å². The SMILES string of the molecule is O=C(c1cc(C(F)(F)F)nn1-c1ccccc1Cl)N1CCN(CCc2ccccn2)CC1. The number of alkyl halides is 3. The fourth-order valence-corrected chi connectivity index (χ4v) is 3.85. The molecule has 6 nitrogen and oxygen atoms in total. The van der Waals surface area contributed by atoms with E-state index in [1.165, 1.54) is 6.07 Å².